The zero-order valence-electron chi connectivity index (χ0n) is 11.2. The molecule has 2 aromatic rings. The van der Waals surface area contributed by atoms with E-state index in [4.69, 9.17) is 0 Å². The monoisotopic (exact) mass is 253 g/mol. The van der Waals surface area contributed by atoms with Gasteiger partial charge < -0.3 is 14.5 Å². The molecule has 4 rings (SSSR count). The normalized spacial score (nSPS) is 22.2. The van der Waals surface area contributed by atoms with Crippen molar-refractivity contribution >= 4 is 11.0 Å². The van der Waals surface area contributed by atoms with Gasteiger partial charge in [0.1, 0.15) is 0 Å². The van der Waals surface area contributed by atoms with Crippen LogP contribution in [0.1, 0.15) is 36.9 Å². The summed E-state index contributed by atoms with van der Waals surface area (Å²) in [7, 11) is 8.49. The van der Waals surface area contributed by atoms with Crippen molar-refractivity contribution in [3.63, 3.8) is 0 Å². The standard InChI is InChI=1S/C16H19N3/c1-18-11-14-13(10-16(18)7-3-4-8-16)12-6-5-9-17-15(12)19(14)2/h5-6,9H,1-4,7-8,10-11H2/q-2. The highest BCUT2D eigenvalue weighted by Gasteiger charge is 2.37. The van der Waals surface area contributed by atoms with Crippen LogP contribution in [0, 0.1) is 14.1 Å². The molecule has 0 unspecified atom stereocenters. The van der Waals surface area contributed by atoms with E-state index in [2.05, 4.69) is 30.0 Å². The Morgan fingerprint density at radius 2 is 2.00 bits per heavy atom. The van der Waals surface area contributed by atoms with Gasteiger partial charge in [0.05, 0.1) is 0 Å². The minimum atomic E-state index is 0.289. The molecule has 3 heteroatoms. The van der Waals surface area contributed by atoms with Crippen molar-refractivity contribution < 1.29 is 0 Å². The Morgan fingerprint density at radius 3 is 2.79 bits per heavy atom. The third-order valence-electron chi connectivity index (χ3n) is 5.09. The molecule has 2 aromatic heterocycles. The molecule has 0 atom stereocenters. The molecule has 0 bridgehead atoms. The van der Waals surface area contributed by atoms with Crippen LogP contribution in [0.15, 0.2) is 18.3 Å². The average Bonchev–Trinajstić information content (AvgIpc) is 2.99. The third kappa shape index (κ3) is 1.42. The van der Waals surface area contributed by atoms with Crippen molar-refractivity contribution in [2.45, 2.75) is 44.2 Å². The van der Waals surface area contributed by atoms with Crippen LogP contribution in [0.2, 0.25) is 0 Å². The van der Waals surface area contributed by atoms with Crippen molar-refractivity contribution in [3.05, 3.63) is 43.7 Å². The van der Waals surface area contributed by atoms with Gasteiger partial charge in [0.15, 0.2) is 0 Å². The molecule has 1 fully saturated rings. The van der Waals surface area contributed by atoms with Crippen molar-refractivity contribution in [2.75, 3.05) is 0 Å². The van der Waals surface area contributed by atoms with Crippen LogP contribution in [0.5, 0.6) is 0 Å². The molecule has 1 aliphatic heterocycles. The van der Waals surface area contributed by atoms with Gasteiger partial charge in [-0.1, -0.05) is 30.2 Å². The molecule has 2 aliphatic rings. The largest absolute Gasteiger partial charge is 0.468 e. The van der Waals surface area contributed by atoms with Crippen LogP contribution in [0.25, 0.3) is 11.0 Å². The van der Waals surface area contributed by atoms with Crippen LogP contribution in [-0.2, 0) is 13.0 Å². The zero-order chi connectivity index (χ0) is 13.0. The molecule has 1 aliphatic carbocycles. The van der Waals surface area contributed by atoms with Crippen molar-refractivity contribution in [1.82, 2.24) is 14.5 Å². The van der Waals surface area contributed by atoms with Gasteiger partial charge in [-0.15, -0.1) is 7.05 Å². The van der Waals surface area contributed by atoms with Crippen molar-refractivity contribution in [2.24, 2.45) is 0 Å². The fourth-order valence-corrected chi connectivity index (χ4v) is 3.99. The van der Waals surface area contributed by atoms with Crippen molar-refractivity contribution in [1.29, 1.82) is 0 Å². The van der Waals surface area contributed by atoms with Crippen LogP contribution in [0.4, 0.5) is 0 Å². The highest BCUT2D eigenvalue weighted by atomic mass is 15.2. The van der Waals surface area contributed by atoms with E-state index in [0.717, 1.165) is 18.6 Å². The minimum absolute atomic E-state index is 0.289. The van der Waals surface area contributed by atoms with E-state index in [-0.39, 0.29) is 5.54 Å². The number of hydrogen-bond acceptors (Lipinski definition) is 2. The number of hydrogen-bond donors (Lipinski definition) is 0. The number of pyridine rings is 1. The molecule has 0 radical (unpaired) electrons. The lowest BCUT2D eigenvalue weighted by Gasteiger charge is -2.51. The summed E-state index contributed by atoms with van der Waals surface area (Å²) in [5.74, 6) is 0. The zero-order valence-corrected chi connectivity index (χ0v) is 11.2. The Morgan fingerprint density at radius 1 is 1.21 bits per heavy atom. The summed E-state index contributed by atoms with van der Waals surface area (Å²) in [6, 6.07) is 4.21. The van der Waals surface area contributed by atoms with E-state index < -0.39 is 0 Å². The van der Waals surface area contributed by atoms with Crippen LogP contribution in [0.3, 0.4) is 0 Å². The molecule has 100 valence electrons. The molecular weight excluding hydrogens is 234 g/mol. The number of aromatic nitrogens is 2. The van der Waals surface area contributed by atoms with Crippen LogP contribution in [-0.4, -0.2) is 20.0 Å². The summed E-state index contributed by atoms with van der Waals surface area (Å²) in [6.45, 7) is 0.898. The summed E-state index contributed by atoms with van der Waals surface area (Å²) in [6.07, 6.45) is 8.19. The predicted octanol–water partition coefficient (Wildman–Crippen LogP) is 3.14. The second-order valence-corrected chi connectivity index (χ2v) is 6.03. The average molecular weight is 253 g/mol. The van der Waals surface area contributed by atoms with E-state index in [1.807, 2.05) is 16.8 Å². The van der Waals surface area contributed by atoms with Crippen LogP contribution >= 0.6 is 0 Å². The van der Waals surface area contributed by atoms with E-state index >= 15 is 0 Å². The Bertz CT molecular complexity index is 635. The number of rotatable bonds is 0. The minimum Gasteiger partial charge on any atom is -0.468 e. The van der Waals surface area contributed by atoms with E-state index in [9.17, 15) is 0 Å². The van der Waals surface area contributed by atoms with Gasteiger partial charge in [-0.2, -0.15) is 0 Å². The lowest BCUT2D eigenvalue weighted by molar-refractivity contribution is 0.121. The lowest BCUT2D eigenvalue weighted by atomic mass is 9.83. The van der Waals surface area contributed by atoms with Gasteiger partial charge in [0.25, 0.3) is 0 Å². The Kier molecular flexibility index (Phi) is 2.25. The van der Waals surface area contributed by atoms with Gasteiger partial charge >= 0.3 is 0 Å². The highest BCUT2D eigenvalue weighted by Crippen LogP contribution is 2.44. The molecule has 0 saturated heterocycles. The SMILES string of the molecule is [CH2-]N1Cc2c(c3cccnc3n2[CH2-])CC12CCCC2. The van der Waals surface area contributed by atoms with E-state index in [1.165, 1.54) is 42.3 Å². The summed E-state index contributed by atoms with van der Waals surface area (Å²) >= 11 is 0. The molecule has 0 amide bonds. The first kappa shape index (κ1) is 11.4. The fourth-order valence-electron chi connectivity index (χ4n) is 3.99. The summed E-state index contributed by atoms with van der Waals surface area (Å²) in [5.41, 5.74) is 4.05. The smallest absolute Gasteiger partial charge is 0.0324 e. The third-order valence-corrected chi connectivity index (χ3v) is 5.09. The maximum absolute atomic E-state index is 4.49. The predicted molar refractivity (Wildman–Crippen MR) is 76.3 cm³/mol. The summed E-state index contributed by atoms with van der Waals surface area (Å²) in [4.78, 5) is 6.80. The second kappa shape index (κ2) is 3.76. The van der Waals surface area contributed by atoms with Gasteiger partial charge in [0.2, 0.25) is 0 Å². The maximum atomic E-state index is 4.49. The number of fused-ring (bicyclic) bond motifs is 3. The Labute approximate surface area is 114 Å². The summed E-state index contributed by atoms with van der Waals surface area (Å²) < 4.78 is 2.00. The Hall–Kier alpha value is -1.48. The molecule has 3 nitrogen and oxygen atoms in total. The lowest BCUT2D eigenvalue weighted by Crippen LogP contribution is -2.47. The maximum Gasteiger partial charge on any atom is 0.0324 e. The first-order valence-corrected chi connectivity index (χ1v) is 7.07. The highest BCUT2D eigenvalue weighted by molar-refractivity contribution is 5.83. The van der Waals surface area contributed by atoms with Gasteiger partial charge in [-0.25, -0.2) is 0 Å². The fraction of sp³-hybridized carbons (Fsp3) is 0.438. The number of nitrogens with zero attached hydrogens (tertiary/aromatic N) is 3. The van der Waals surface area contributed by atoms with Crippen molar-refractivity contribution in [3.8, 4) is 0 Å². The molecule has 19 heavy (non-hydrogen) atoms. The quantitative estimate of drug-likeness (QED) is 0.673. The molecule has 3 heterocycles. The second-order valence-electron chi connectivity index (χ2n) is 6.03. The Balaban J connectivity index is 1.92. The van der Waals surface area contributed by atoms with Crippen LogP contribution < -0.4 is 0 Å². The first-order valence-electron chi connectivity index (χ1n) is 7.07. The molecular formula is C16H19N3-2. The summed E-state index contributed by atoms with van der Waals surface area (Å²) in [5, 5.41) is 1.28. The molecule has 1 saturated carbocycles. The van der Waals surface area contributed by atoms with Gasteiger partial charge in [-0.3, -0.25) is 7.05 Å². The first-order chi connectivity index (χ1) is 9.21. The van der Waals surface area contributed by atoms with Gasteiger partial charge in [-0.05, 0) is 42.8 Å². The molecule has 1 spiro atoms. The van der Waals surface area contributed by atoms with E-state index in [1.54, 1.807) is 0 Å². The molecule has 0 N–H and O–H groups in total. The van der Waals surface area contributed by atoms with Gasteiger partial charge in [0, 0.05) is 11.8 Å². The molecule has 0 aromatic carbocycles. The topological polar surface area (TPSA) is 21.1 Å². The van der Waals surface area contributed by atoms with E-state index in [0.29, 0.717) is 0 Å².